The van der Waals surface area contributed by atoms with Crippen molar-refractivity contribution in [2.75, 3.05) is 16.8 Å². The summed E-state index contributed by atoms with van der Waals surface area (Å²) in [5.41, 5.74) is 7.13. The Morgan fingerprint density at radius 1 is 1.15 bits per heavy atom. The lowest BCUT2D eigenvalue weighted by Crippen LogP contribution is -2.28. The third kappa shape index (κ3) is 1.87. The van der Waals surface area contributed by atoms with Gasteiger partial charge in [-0.05, 0) is 48.6 Å². The minimum absolute atomic E-state index is 0.596. The van der Waals surface area contributed by atoms with Crippen LogP contribution in [0, 0.1) is 0 Å². The molecule has 2 heteroatoms. The largest absolute Gasteiger partial charge is 0.384 e. The summed E-state index contributed by atoms with van der Waals surface area (Å²) in [6, 6.07) is 16.3. The van der Waals surface area contributed by atoms with E-state index in [2.05, 4.69) is 59.6 Å². The normalized spacial score (nSPS) is 19.6. The molecule has 0 bridgehead atoms. The number of para-hydroxylation sites is 1. The van der Waals surface area contributed by atoms with Crippen LogP contribution in [0.4, 0.5) is 11.4 Å². The second kappa shape index (κ2) is 4.55. The number of fused-ring (bicyclic) bond motifs is 2. The molecular formula is C18H20N2. The van der Waals surface area contributed by atoms with Gasteiger partial charge in [0.1, 0.15) is 0 Å². The zero-order valence-electron chi connectivity index (χ0n) is 11.9. The van der Waals surface area contributed by atoms with Crippen LogP contribution in [0.2, 0.25) is 0 Å². The predicted octanol–water partition coefficient (Wildman–Crippen LogP) is 3.61. The van der Waals surface area contributed by atoms with Gasteiger partial charge >= 0.3 is 0 Å². The Hall–Kier alpha value is -1.96. The van der Waals surface area contributed by atoms with Crippen LogP contribution in [0.15, 0.2) is 42.5 Å². The molecular weight excluding hydrogens is 244 g/mol. The van der Waals surface area contributed by atoms with Crippen molar-refractivity contribution in [2.45, 2.75) is 32.4 Å². The van der Waals surface area contributed by atoms with Gasteiger partial charge in [0, 0.05) is 30.5 Å². The van der Waals surface area contributed by atoms with Gasteiger partial charge in [0.2, 0.25) is 0 Å². The summed E-state index contributed by atoms with van der Waals surface area (Å²) in [6.07, 6.45) is 2.33. The van der Waals surface area contributed by atoms with E-state index in [1.807, 2.05) is 0 Å². The van der Waals surface area contributed by atoms with Crippen LogP contribution in [-0.2, 0) is 19.4 Å². The lowest BCUT2D eigenvalue weighted by atomic mass is 10.1. The number of hydrogen-bond donors (Lipinski definition) is 1. The molecule has 2 aromatic rings. The van der Waals surface area contributed by atoms with Crippen molar-refractivity contribution in [1.29, 1.82) is 0 Å². The minimum Gasteiger partial charge on any atom is -0.384 e. The van der Waals surface area contributed by atoms with Crippen molar-refractivity contribution in [3.8, 4) is 0 Å². The van der Waals surface area contributed by atoms with Crippen molar-refractivity contribution < 1.29 is 0 Å². The van der Waals surface area contributed by atoms with E-state index in [4.69, 9.17) is 0 Å². The van der Waals surface area contributed by atoms with Gasteiger partial charge in [-0.15, -0.1) is 0 Å². The van der Waals surface area contributed by atoms with Crippen LogP contribution in [0.5, 0.6) is 0 Å². The van der Waals surface area contributed by atoms with Crippen molar-refractivity contribution in [1.82, 2.24) is 0 Å². The molecule has 0 fully saturated rings. The predicted molar refractivity (Wildman–Crippen MR) is 84.4 cm³/mol. The third-order valence-corrected chi connectivity index (χ3v) is 4.58. The van der Waals surface area contributed by atoms with E-state index in [1.54, 1.807) is 0 Å². The molecule has 2 heterocycles. The molecule has 2 aliphatic heterocycles. The van der Waals surface area contributed by atoms with E-state index in [0.717, 1.165) is 19.5 Å². The number of anilines is 2. The zero-order chi connectivity index (χ0) is 13.5. The molecule has 1 unspecified atom stereocenters. The average Bonchev–Trinajstić information content (AvgIpc) is 3.04. The summed E-state index contributed by atoms with van der Waals surface area (Å²) in [5, 5.41) is 3.43. The Morgan fingerprint density at radius 2 is 2.05 bits per heavy atom. The van der Waals surface area contributed by atoms with Gasteiger partial charge in [0.05, 0.1) is 0 Å². The molecule has 1 atom stereocenters. The first-order chi connectivity index (χ1) is 9.81. The monoisotopic (exact) mass is 264 g/mol. The first-order valence-electron chi connectivity index (χ1n) is 7.51. The standard InChI is InChI=1S/C18H20N2/c1-13-10-16-4-2-3-5-18(16)20(13)12-14-6-7-17-15(11-14)8-9-19-17/h2-7,11,13,19H,8-10,12H2,1H3. The number of benzene rings is 2. The molecule has 0 aliphatic carbocycles. The smallest absolute Gasteiger partial charge is 0.0432 e. The van der Waals surface area contributed by atoms with Crippen LogP contribution < -0.4 is 10.2 Å². The van der Waals surface area contributed by atoms with Gasteiger partial charge in [-0.2, -0.15) is 0 Å². The fourth-order valence-electron chi connectivity index (χ4n) is 3.52. The van der Waals surface area contributed by atoms with Gasteiger partial charge in [-0.25, -0.2) is 0 Å². The van der Waals surface area contributed by atoms with Crippen molar-refractivity contribution >= 4 is 11.4 Å². The highest BCUT2D eigenvalue weighted by molar-refractivity contribution is 5.61. The van der Waals surface area contributed by atoms with Gasteiger partial charge < -0.3 is 10.2 Å². The fraction of sp³-hybridized carbons (Fsp3) is 0.333. The molecule has 0 aromatic heterocycles. The Balaban J connectivity index is 1.63. The summed E-state index contributed by atoms with van der Waals surface area (Å²) in [4.78, 5) is 2.54. The summed E-state index contributed by atoms with van der Waals surface area (Å²) in [6.45, 7) is 4.43. The summed E-state index contributed by atoms with van der Waals surface area (Å²) < 4.78 is 0. The fourth-order valence-corrected chi connectivity index (χ4v) is 3.52. The summed E-state index contributed by atoms with van der Waals surface area (Å²) in [7, 11) is 0. The van der Waals surface area contributed by atoms with Crippen LogP contribution >= 0.6 is 0 Å². The van der Waals surface area contributed by atoms with Crippen molar-refractivity contribution in [2.24, 2.45) is 0 Å². The molecule has 2 nitrogen and oxygen atoms in total. The molecule has 0 amide bonds. The second-order valence-corrected chi connectivity index (χ2v) is 5.98. The van der Waals surface area contributed by atoms with Gasteiger partial charge in [0.15, 0.2) is 0 Å². The number of hydrogen-bond acceptors (Lipinski definition) is 2. The quantitative estimate of drug-likeness (QED) is 0.891. The van der Waals surface area contributed by atoms with E-state index in [1.165, 1.54) is 34.5 Å². The van der Waals surface area contributed by atoms with Crippen LogP contribution in [-0.4, -0.2) is 12.6 Å². The topological polar surface area (TPSA) is 15.3 Å². The molecule has 20 heavy (non-hydrogen) atoms. The van der Waals surface area contributed by atoms with Crippen molar-refractivity contribution in [3.63, 3.8) is 0 Å². The molecule has 0 spiro atoms. The van der Waals surface area contributed by atoms with Crippen molar-refractivity contribution in [3.05, 3.63) is 59.2 Å². The molecule has 1 N–H and O–H groups in total. The summed E-state index contributed by atoms with van der Waals surface area (Å²) in [5.74, 6) is 0. The summed E-state index contributed by atoms with van der Waals surface area (Å²) >= 11 is 0. The van der Waals surface area contributed by atoms with E-state index >= 15 is 0 Å². The third-order valence-electron chi connectivity index (χ3n) is 4.58. The highest BCUT2D eigenvalue weighted by Crippen LogP contribution is 2.33. The minimum atomic E-state index is 0.596. The Morgan fingerprint density at radius 3 is 3.00 bits per heavy atom. The highest BCUT2D eigenvalue weighted by Gasteiger charge is 2.25. The molecule has 0 radical (unpaired) electrons. The lowest BCUT2D eigenvalue weighted by Gasteiger charge is -2.25. The Kier molecular flexibility index (Phi) is 2.69. The first-order valence-corrected chi connectivity index (χ1v) is 7.51. The zero-order valence-corrected chi connectivity index (χ0v) is 11.9. The second-order valence-electron chi connectivity index (χ2n) is 5.98. The maximum Gasteiger partial charge on any atom is 0.0432 e. The SMILES string of the molecule is CC1Cc2ccccc2N1Cc1ccc2c(c1)CCN2. The molecule has 2 aliphatic rings. The van der Waals surface area contributed by atoms with E-state index < -0.39 is 0 Å². The van der Waals surface area contributed by atoms with Crippen LogP contribution in [0.1, 0.15) is 23.6 Å². The molecule has 2 aromatic carbocycles. The molecule has 0 saturated carbocycles. The number of nitrogens with one attached hydrogen (secondary N) is 1. The van der Waals surface area contributed by atoms with E-state index in [9.17, 15) is 0 Å². The number of nitrogens with zero attached hydrogens (tertiary/aromatic N) is 1. The first kappa shape index (κ1) is 11.8. The van der Waals surface area contributed by atoms with Gasteiger partial charge in [-0.1, -0.05) is 30.3 Å². The lowest BCUT2D eigenvalue weighted by molar-refractivity contribution is 0.672. The van der Waals surface area contributed by atoms with Crippen LogP contribution in [0.3, 0.4) is 0 Å². The Bertz CT molecular complexity index is 648. The molecule has 4 rings (SSSR count). The van der Waals surface area contributed by atoms with E-state index in [0.29, 0.717) is 6.04 Å². The van der Waals surface area contributed by atoms with Gasteiger partial charge in [0.25, 0.3) is 0 Å². The molecule has 0 saturated heterocycles. The Labute approximate surface area is 120 Å². The van der Waals surface area contributed by atoms with Gasteiger partial charge in [-0.3, -0.25) is 0 Å². The maximum atomic E-state index is 3.43. The number of rotatable bonds is 2. The van der Waals surface area contributed by atoms with E-state index in [-0.39, 0.29) is 0 Å². The maximum absolute atomic E-state index is 3.43. The molecule has 102 valence electrons. The van der Waals surface area contributed by atoms with Crippen LogP contribution in [0.25, 0.3) is 0 Å². The highest BCUT2D eigenvalue weighted by atomic mass is 15.2. The average molecular weight is 264 g/mol.